The molecule has 3 rings (SSSR count). The van der Waals surface area contributed by atoms with Crippen molar-refractivity contribution in [1.82, 2.24) is 0 Å². The molecule has 0 radical (unpaired) electrons. The molecule has 0 bridgehead atoms. The Morgan fingerprint density at radius 1 is 1.04 bits per heavy atom. The van der Waals surface area contributed by atoms with E-state index in [1.165, 1.54) is 5.56 Å². The SMILES string of the molecule is CCCCOC1(C2CCC(C(F)F)CC2)C=CC(c2ccccc2)C=C1. The van der Waals surface area contributed by atoms with Gasteiger partial charge in [-0.2, -0.15) is 0 Å². The summed E-state index contributed by atoms with van der Waals surface area (Å²) in [6, 6.07) is 10.4. The van der Waals surface area contributed by atoms with Gasteiger partial charge in [-0.05, 0) is 43.6 Å². The van der Waals surface area contributed by atoms with Gasteiger partial charge in [0.1, 0.15) is 5.60 Å². The van der Waals surface area contributed by atoms with Crippen LogP contribution < -0.4 is 0 Å². The van der Waals surface area contributed by atoms with Crippen molar-refractivity contribution >= 4 is 0 Å². The van der Waals surface area contributed by atoms with Gasteiger partial charge in [0.2, 0.25) is 6.43 Å². The van der Waals surface area contributed by atoms with Gasteiger partial charge in [0.15, 0.2) is 0 Å². The smallest absolute Gasteiger partial charge is 0.241 e. The summed E-state index contributed by atoms with van der Waals surface area (Å²) in [5.41, 5.74) is 0.844. The van der Waals surface area contributed by atoms with Crippen LogP contribution in [0.4, 0.5) is 8.78 Å². The highest BCUT2D eigenvalue weighted by Crippen LogP contribution is 2.43. The van der Waals surface area contributed by atoms with E-state index in [-0.39, 0.29) is 5.92 Å². The number of allylic oxidation sites excluding steroid dienone is 2. The lowest BCUT2D eigenvalue weighted by Gasteiger charge is -2.42. The third-order valence-corrected chi connectivity index (χ3v) is 5.93. The standard InChI is InChI=1S/C23H30F2O/c1-2-3-17-26-23(21-11-9-20(10-12-21)22(24)25)15-13-19(14-16-23)18-7-5-4-6-8-18/h4-8,13-16,19-22H,2-3,9-12,17H2,1H3. The first-order valence-electron chi connectivity index (χ1n) is 10.0. The second-order valence-electron chi connectivity index (χ2n) is 7.66. The highest BCUT2D eigenvalue weighted by atomic mass is 19.3. The third-order valence-electron chi connectivity index (χ3n) is 5.93. The van der Waals surface area contributed by atoms with Gasteiger partial charge in [0.05, 0.1) is 0 Å². The maximum absolute atomic E-state index is 13.0. The van der Waals surface area contributed by atoms with Crippen molar-refractivity contribution in [2.45, 2.75) is 63.4 Å². The average Bonchev–Trinajstić information content (AvgIpc) is 2.69. The Balaban J connectivity index is 1.73. The molecule has 0 atom stereocenters. The van der Waals surface area contributed by atoms with E-state index in [1.807, 2.05) is 6.07 Å². The molecule has 1 nitrogen and oxygen atoms in total. The van der Waals surface area contributed by atoms with Crippen molar-refractivity contribution in [2.24, 2.45) is 11.8 Å². The minimum absolute atomic E-state index is 0.261. The van der Waals surface area contributed by atoms with Crippen molar-refractivity contribution in [1.29, 1.82) is 0 Å². The van der Waals surface area contributed by atoms with Gasteiger partial charge in [-0.25, -0.2) is 8.78 Å². The summed E-state index contributed by atoms with van der Waals surface area (Å²) in [5.74, 6) is 0.114. The predicted octanol–water partition coefficient (Wildman–Crippen LogP) is 6.52. The third kappa shape index (κ3) is 4.43. The van der Waals surface area contributed by atoms with Crippen LogP contribution in [-0.4, -0.2) is 18.6 Å². The van der Waals surface area contributed by atoms with E-state index in [0.29, 0.717) is 18.8 Å². The predicted molar refractivity (Wildman–Crippen MR) is 103 cm³/mol. The average molecular weight is 360 g/mol. The lowest BCUT2D eigenvalue weighted by molar-refractivity contribution is -0.0445. The van der Waals surface area contributed by atoms with Crippen molar-refractivity contribution in [3.63, 3.8) is 0 Å². The van der Waals surface area contributed by atoms with Crippen LogP contribution in [0, 0.1) is 11.8 Å². The largest absolute Gasteiger partial charge is 0.367 e. The van der Waals surface area contributed by atoms with E-state index in [4.69, 9.17) is 4.74 Å². The number of rotatable bonds is 7. The molecule has 1 aromatic carbocycles. The van der Waals surface area contributed by atoms with E-state index in [0.717, 1.165) is 32.3 Å². The van der Waals surface area contributed by atoms with Crippen LogP contribution in [0.1, 0.15) is 56.9 Å². The maximum atomic E-state index is 13.0. The minimum Gasteiger partial charge on any atom is -0.367 e. The number of ether oxygens (including phenoxy) is 1. The van der Waals surface area contributed by atoms with E-state index >= 15 is 0 Å². The zero-order valence-electron chi connectivity index (χ0n) is 15.6. The van der Waals surface area contributed by atoms with Gasteiger partial charge < -0.3 is 4.74 Å². The van der Waals surface area contributed by atoms with Gasteiger partial charge in [0, 0.05) is 18.4 Å². The number of unbranched alkanes of at least 4 members (excludes halogenated alkanes) is 1. The molecule has 0 saturated heterocycles. The summed E-state index contributed by atoms with van der Waals surface area (Å²) in [6.07, 6.45) is 11.6. The second kappa shape index (κ2) is 8.94. The Hall–Kier alpha value is -1.48. The molecule has 0 spiro atoms. The molecule has 1 saturated carbocycles. The van der Waals surface area contributed by atoms with Crippen LogP contribution in [-0.2, 0) is 4.74 Å². The maximum Gasteiger partial charge on any atom is 0.241 e. The molecule has 2 aliphatic rings. The lowest BCUT2D eigenvalue weighted by Crippen LogP contribution is -2.41. The molecule has 0 N–H and O–H groups in total. The Kier molecular flexibility index (Phi) is 6.63. The first-order chi connectivity index (χ1) is 12.6. The van der Waals surface area contributed by atoms with E-state index in [2.05, 4.69) is 55.5 Å². The summed E-state index contributed by atoms with van der Waals surface area (Å²) >= 11 is 0. The Morgan fingerprint density at radius 2 is 1.69 bits per heavy atom. The summed E-state index contributed by atoms with van der Waals surface area (Å²) in [7, 11) is 0. The summed E-state index contributed by atoms with van der Waals surface area (Å²) < 4.78 is 32.4. The van der Waals surface area contributed by atoms with Crippen LogP contribution in [0.25, 0.3) is 0 Å². The van der Waals surface area contributed by atoms with Gasteiger partial charge >= 0.3 is 0 Å². The van der Waals surface area contributed by atoms with Crippen LogP contribution in [0.3, 0.4) is 0 Å². The van der Waals surface area contributed by atoms with E-state index in [1.54, 1.807) is 0 Å². The number of hydrogen-bond donors (Lipinski definition) is 0. The van der Waals surface area contributed by atoms with E-state index < -0.39 is 17.9 Å². The molecule has 26 heavy (non-hydrogen) atoms. The first-order valence-corrected chi connectivity index (χ1v) is 10.0. The van der Waals surface area contributed by atoms with Crippen LogP contribution in [0.5, 0.6) is 0 Å². The second-order valence-corrected chi connectivity index (χ2v) is 7.66. The van der Waals surface area contributed by atoms with Gasteiger partial charge in [-0.15, -0.1) is 0 Å². The normalized spacial score (nSPS) is 31.5. The lowest BCUT2D eigenvalue weighted by atomic mass is 9.71. The van der Waals surface area contributed by atoms with Crippen molar-refractivity contribution < 1.29 is 13.5 Å². The van der Waals surface area contributed by atoms with Crippen molar-refractivity contribution in [2.75, 3.05) is 6.61 Å². The molecular formula is C23H30F2O. The molecule has 0 aliphatic heterocycles. The molecule has 3 heteroatoms. The highest BCUT2D eigenvalue weighted by molar-refractivity contribution is 5.36. The number of benzene rings is 1. The van der Waals surface area contributed by atoms with Gasteiger partial charge in [-0.3, -0.25) is 0 Å². The summed E-state index contributed by atoms with van der Waals surface area (Å²) in [4.78, 5) is 0. The first kappa shape index (κ1) is 19.3. The Morgan fingerprint density at radius 3 is 2.27 bits per heavy atom. The fourth-order valence-corrected chi connectivity index (χ4v) is 4.23. The minimum atomic E-state index is -2.19. The molecule has 1 fully saturated rings. The van der Waals surface area contributed by atoms with Gasteiger partial charge in [-0.1, -0.05) is 68.0 Å². The van der Waals surface area contributed by atoms with E-state index in [9.17, 15) is 8.78 Å². The van der Waals surface area contributed by atoms with Crippen LogP contribution in [0.15, 0.2) is 54.6 Å². The molecule has 142 valence electrons. The Bertz CT molecular complexity index is 586. The van der Waals surface area contributed by atoms with Crippen molar-refractivity contribution in [3.8, 4) is 0 Å². The molecule has 0 heterocycles. The monoisotopic (exact) mass is 360 g/mol. The van der Waals surface area contributed by atoms with Gasteiger partial charge in [0.25, 0.3) is 0 Å². The van der Waals surface area contributed by atoms with Crippen LogP contribution in [0.2, 0.25) is 0 Å². The topological polar surface area (TPSA) is 9.23 Å². The Labute approximate surface area is 156 Å². The quantitative estimate of drug-likeness (QED) is 0.397. The fourth-order valence-electron chi connectivity index (χ4n) is 4.23. The number of alkyl halides is 2. The molecule has 0 unspecified atom stereocenters. The molecule has 0 aromatic heterocycles. The zero-order chi connectivity index (χ0) is 18.4. The number of hydrogen-bond acceptors (Lipinski definition) is 1. The summed E-state index contributed by atoms with van der Waals surface area (Å²) in [5, 5.41) is 0. The highest BCUT2D eigenvalue weighted by Gasteiger charge is 2.40. The molecule has 0 amide bonds. The van der Waals surface area contributed by atoms with Crippen LogP contribution >= 0.6 is 0 Å². The molecular weight excluding hydrogens is 330 g/mol. The molecule has 2 aliphatic carbocycles. The van der Waals surface area contributed by atoms with Crippen molar-refractivity contribution in [3.05, 3.63) is 60.2 Å². The fraction of sp³-hybridized carbons (Fsp3) is 0.565. The number of halogens is 2. The zero-order valence-corrected chi connectivity index (χ0v) is 15.6. The molecule has 1 aromatic rings. The summed E-state index contributed by atoms with van der Waals surface area (Å²) in [6.45, 7) is 2.87.